The van der Waals surface area contributed by atoms with E-state index in [2.05, 4.69) is 36.2 Å². The molecule has 6 aromatic rings. The molecule has 15 nitrogen and oxygen atoms in total. The van der Waals surface area contributed by atoms with Gasteiger partial charge in [-0.2, -0.15) is 18.9 Å². The van der Waals surface area contributed by atoms with Crippen LogP contribution >= 0.6 is 23.2 Å². The summed E-state index contributed by atoms with van der Waals surface area (Å²) in [6.45, 7) is 21.2. The Kier molecular flexibility index (Phi) is 14.5. The Morgan fingerprint density at radius 2 is 1.13 bits per heavy atom. The molecule has 4 atom stereocenters. The van der Waals surface area contributed by atoms with E-state index in [4.69, 9.17) is 65.0 Å². The van der Waals surface area contributed by atoms with Crippen molar-refractivity contribution in [3.8, 4) is 35.0 Å². The van der Waals surface area contributed by atoms with Crippen molar-refractivity contribution in [1.82, 2.24) is 20.4 Å². The number of nitriles is 2. The van der Waals surface area contributed by atoms with Gasteiger partial charge < -0.3 is 13.9 Å². The first kappa shape index (κ1) is 44.6. The molecule has 0 saturated heterocycles. The van der Waals surface area contributed by atoms with Crippen molar-refractivity contribution in [1.29, 1.82) is 10.5 Å². The Bertz CT molecular complexity index is 2780. The van der Waals surface area contributed by atoms with Crippen LogP contribution in [-0.2, 0) is 27.3 Å². The fourth-order valence-corrected chi connectivity index (χ4v) is 7.09. The van der Waals surface area contributed by atoms with E-state index in [0.29, 0.717) is 67.4 Å². The molecule has 60 heavy (non-hydrogen) atoms. The lowest BCUT2D eigenvalue weighted by atomic mass is 9.92. The molecule has 0 amide bonds. The molecule has 4 aromatic carbocycles. The highest BCUT2D eigenvalue weighted by Gasteiger charge is 2.31. The molecule has 0 bridgehead atoms. The second kappa shape index (κ2) is 19.5. The van der Waals surface area contributed by atoms with E-state index in [9.17, 15) is 13.5 Å². The standard InChI is InChI=1S/C21H18ClN5O4S.C21H17ClN4O2/c1-12-16(8-9-18(25-3)19(12)22)10-17(13(2)31-32(24,28)29)21-27-26-20(30-21)15-6-4-14(11-23)5-7-15;1-12-16(8-9-18(24-3)19(12)22)10-17(13(2)27)21-26-25-20(28-21)15-6-4-14(11-23)5-7-15/h4-9,13,17H,10H2,1-2H3,(H2,24,28,29);4-9,13,17,27H,10H2,1-2H3/t2*13-,17+/m00/s1. The zero-order valence-electron chi connectivity index (χ0n) is 32.5. The van der Waals surface area contributed by atoms with Gasteiger partial charge in [0.05, 0.1) is 70.5 Å². The second-order valence-corrected chi connectivity index (χ2v) is 15.4. The van der Waals surface area contributed by atoms with Gasteiger partial charge in [-0.05, 0) is 111 Å². The molecule has 0 aliphatic rings. The van der Waals surface area contributed by atoms with E-state index < -0.39 is 34.3 Å². The fourth-order valence-electron chi connectivity index (χ4n) is 6.08. The summed E-state index contributed by atoms with van der Waals surface area (Å²) in [5.41, 5.74) is 6.18. The van der Waals surface area contributed by atoms with E-state index in [1.807, 2.05) is 19.1 Å². The van der Waals surface area contributed by atoms with Gasteiger partial charge in [0.15, 0.2) is 0 Å². The van der Waals surface area contributed by atoms with Gasteiger partial charge in [-0.25, -0.2) is 14.8 Å². The third-order valence-electron chi connectivity index (χ3n) is 9.55. The van der Waals surface area contributed by atoms with Gasteiger partial charge in [-0.3, -0.25) is 4.18 Å². The minimum absolute atomic E-state index is 0.144. The molecule has 0 radical (unpaired) electrons. The van der Waals surface area contributed by atoms with Crippen molar-refractivity contribution in [3.05, 3.63) is 151 Å². The van der Waals surface area contributed by atoms with Crippen LogP contribution in [0.1, 0.15) is 70.8 Å². The maximum absolute atomic E-state index is 11.5. The van der Waals surface area contributed by atoms with Crippen molar-refractivity contribution < 1.29 is 26.5 Å². The number of hydrogen-bond donors (Lipinski definition) is 2. The van der Waals surface area contributed by atoms with Gasteiger partial charge in [0.25, 0.3) is 0 Å². The second-order valence-electron chi connectivity index (χ2n) is 13.5. The average molecular weight is 865 g/mol. The molecule has 0 unspecified atom stereocenters. The summed E-state index contributed by atoms with van der Waals surface area (Å²) < 4.78 is 39.7. The molecule has 18 heteroatoms. The minimum atomic E-state index is -4.24. The number of nitrogens with two attached hydrogens (primary N) is 1. The first-order valence-corrected chi connectivity index (χ1v) is 20.2. The summed E-state index contributed by atoms with van der Waals surface area (Å²) in [4.78, 5) is 6.78. The predicted molar refractivity (Wildman–Crippen MR) is 222 cm³/mol. The Morgan fingerprint density at radius 3 is 1.50 bits per heavy atom. The van der Waals surface area contributed by atoms with Gasteiger partial charge in [-0.15, -0.1) is 20.4 Å². The maximum Gasteiger partial charge on any atom is 0.333 e. The van der Waals surface area contributed by atoms with E-state index in [1.165, 1.54) is 6.92 Å². The SMILES string of the molecule is [C-]#[N+]c1ccc(C[C@@H](c2nnc(-c3ccc(C#N)cc3)o2)[C@H](C)O)c(C)c1Cl.[C-]#[N+]c1ccc(C[C@@H](c2nnc(-c3ccc(C#N)cc3)o2)[C@H](C)OS(N)(=O)=O)c(C)c1Cl. The van der Waals surface area contributed by atoms with Gasteiger partial charge in [0, 0.05) is 11.1 Å². The van der Waals surface area contributed by atoms with Crippen LogP contribution in [0, 0.1) is 49.7 Å². The molecule has 2 aromatic heterocycles. The topological polar surface area (TPSA) is 224 Å². The number of halogens is 2. The van der Waals surface area contributed by atoms with E-state index >= 15 is 0 Å². The van der Waals surface area contributed by atoms with Crippen LogP contribution in [-0.4, -0.2) is 46.1 Å². The Balaban J connectivity index is 0.000000230. The third kappa shape index (κ3) is 10.8. The highest BCUT2D eigenvalue weighted by atomic mass is 35.5. The van der Waals surface area contributed by atoms with Crippen LogP contribution in [0.2, 0.25) is 10.0 Å². The fraction of sp³-hybridized carbons (Fsp3) is 0.238. The Morgan fingerprint density at radius 1 is 0.733 bits per heavy atom. The van der Waals surface area contributed by atoms with Gasteiger partial charge >= 0.3 is 10.3 Å². The zero-order chi connectivity index (χ0) is 43.7. The third-order valence-corrected chi connectivity index (χ3v) is 11.1. The molecule has 0 aliphatic carbocycles. The molecule has 3 N–H and O–H groups in total. The number of nitrogens with zero attached hydrogens (tertiary/aromatic N) is 8. The average Bonchev–Trinajstić information content (AvgIpc) is 3.93. The van der Waals surface area contributed by atoms with Crippen molar-refractivity contribution in [3.63, 3.8) is 0 Å². The van der Waals surface area contributed by atoms with Crippen LogP contribution in [0.3, 0.4) is 0 Å². The van der Waals surface area contributed by atoms with Crippen molar-refractivity contribution in [2.24, 2.45) is 5.14 Å². The highest BCUT2D eigenvalue weighted by molar-refractivity contribution is 7.84. The normalized spacial score (nSPS) is 13.0. The van der Waals surface area contributed by atoms with Crippen molar-refractivity contribution in [2.75, 3.05) is 0 Å². The number of hydrogen-bond acceptors (Lipinski definition) is 12. The van der Waals surface area contributed by atoms with Gasteiger partial charge in [-0.1, -0.05) is 47.5 Å². The van der Waals surface area contributed by atoms with Crippen LogP contribution in [0.4, 0.5) is 11.4 Å². The Hall–Kier alpha value is -6.47. The van der Waals surface area contributed by atoms with Crippen LogP contribution < -0.4 is 5.14 Å². The van der Waals surface area contributed by atoms with E-state index in [1.54, 1.807) is 80.6 Å². The quantitative estimate of drug-likeness (QED) is 0.110. The minimum Gasteiger partial charge on any atom is -0.420 e. The van der Waals surface area contributed by atoms with Crippen LogP contribution in [0.25, 0.3) is 32.6 Å². The van der Waals surface area contributed by atoms with Crippen LogP contribution in [0.5, 0.6) is 0 Å². The van der Waals surface area contributed by atoms with Crippen molar-refractivity contribution in [2.45, 2.75) is 64.6 Å². The van der Waals surface area contributed by atoms with E-state index in [-0.39, 0.29) is 18.2 Å². The summed E-state index contributed by atoms with van der Waals surface area (Å²) in [6.07, 6.45) is -0.975. The summed E-state index contributed by atoms with van der Waals surface area (Å²) in [6, 6.07) is 24.3. The number of rotatable bonds is 12. The lowest BCUT2D eigenvalue weighted by molar-refractivity contribution is 0.148. The summed E-state index contributed by atoms with van der Waals surface area (Å²) in [7, 11) is -4.24. The summed E-state index contributed by atoms with van der Waals surface area (Å²) in [5, 5.41) is 50.3. The first-order valence-electron chi connectivity index (χ1n) is 17.9. The predicted octanol–water partition coefficient (Wildman–Crippen LogP) is 8.88. The molecule has 0 aliphatic heterocycles. The number of aliphatic hydroxyl groups excluding tert-OH is 1. The molecule has 2 heterocycles. The lowest BCUT2D eigenvalue weighted by Crippen LogP contribution is -2.28. The monoisotopic (exact) mass is 863 g/mol. The molecular formula is C42H35Cl2N9O6S. The van der Waals surface area contributed by atoms with Gasteiger partial charge in [0.2, 0.25) is 34.9 Å². The molecular weight excluding hydrogens is 829 g/mol. The molecule has 0 fully saturated rings. The number of benzene rings is 4. The van der Waals surface area contributed by atoms with Gasteiger partial charge in [0.1, 0.15) is 0 Å². The first-order chi connectivity index (χ1) is 28.6. The van der Waals surface area contributed by atoms with E-state index in [0.717, 1.165) is 16.7 Å². The largest absolute Gasteiger partial charge is 0.420 e. The Labute approximate surface area is 356 Å². The molecule has 304 valence electrons. The maximum atomic E-state index is 11.5. The molecule has 0 spiro atoms. The number of aromatic nitrogens is 4. The zero-order valence-corrected chi connectivity index (χ0v) is 34.8. The lowest BCUT2D eigenvalue weighted by Gasteiger charge is -2.21. The highest BCUT2D eigenvalue weighted by Crippen LogP contribution is 2.36. The van der Waals surface area contributed by atoms with Crippen molar-refractivity contribution >= 4 is 44.9 Å². The van der Waals surface area contributed by atoms with Crippen LogP contribution in [0.15, 0.2) is 81.6 Å². The molecule has 0 saturated carbocycles. The molecule has 6 rings (SSSR count). The smallest absolute Gasteiger partial charge is 0.333 e. The summed E-state index contributed by atoms with van der Waals surface area (Å²) in [5.74, 6) is -0.113. The summed E-state index contributed by atoms with van der Waals surface area (Å²) >= 11 is 12.6. The number of aliphatic hydroxyl groups is 1.